The van der Waals surface area contributed by atoms with E-state index >= 15 is 0 Å². The minimum atomic E-state index is 0.0747. The van der Waals surface area contributed by atoms with Gasteiger partial charge in [-0.25, -0.2) is 0 Å². The maximum Gasteiger partial charge on any atom is 0.193 e. The van der Waals surface area contributed by atoms with Crippen LogP contribution in [0.5, 0.6) is 0 Å². The molecule has 0 aromatic heterocycles. The normalized spacial score (nSPS) is 10.2. The van der Waals surface area contributed by atoms with E-state index in [1.165, 1.54) is 5.56 Å². The number of nitrogens with one attached hydrogen (secondary N) is 1. The van der Waals surface area contributed by atoms with Crippen molar-refractivity contribution < 1.29 is 4.79 Å². The summed E-state index contributed by atoms with van der Waals surface area (Å²) in [7, 11) is 1.86. The maximum absolute atomic E-state index is 12.3. The molecular weight excluding hydrogens is 234 g/mol. The second-order valence-corrected chi connectivity index (χ2v) is 4.60. The molecule has 0 heterocycles. The van der Waals surface area contributed by atoms with Crippen molar-refractivity contribution in [3.63, 3.8) is 0 Å². The first-order valence-electron chi connectivity index (χ1n) is 6.66. The molecule has 0 spiro atoms. The van der Waals surface area contributed by atoms with Crippen molar-refractivity contribution >= 4 is 11.5 Å². The molecule has 0 saturated carbocycles. The first-order chi connectivity index (χ1) is 9.24. The van der Waals surface area contributed by atoms with Gasteiger partial charge in [0.25, 0.3) is 0 Å². The molecule has 2 rings (SSSR count). The Labute approximate surface area is 114 Å². The van der Waals surface area contributed by atoms with Gasteiger partial charge in [0.05, 0.1) is 0 Å². The Bertz CT molecular complexity index is 540. The van der Waals surface area contributed by atoms with Crippen LogP contribution in [0, 0.1) is 0 Å². The van der Waals surface area contributed by atoms with Crippen LogP contribution in [-0.2, 0) is 6.42 Å². The number of rotatable bonds is 5. The lowest BCUT2D eigenvalue weighted by atomic mass is 10.0. The predicted molar refractivity (Wildman–Crippen MR) is 79.9 cm³/mol. The third kappa shape index (κ3) is 3.22. The van der Waals surface area contributed by atoms with Crippen LogP contribution in [0.15, 0.2) is 48.5 Å². The van der Waals surface area contributed by atoms with Crippen molar-refractivity contribution in [1.29, 1.82) is 0 Å². The smallest absolute Gasteiger partial charge is 0.193 e. The van der Waals surface area contributed by atoms with Gasteiger partial charge in [0.1, 0.15) is 0 Å². The fraction of sp³-hybridized carbons (Fsp3) is 0.235. The number of anilines is 1. The highest BCUT2D eigenvalue weighted by Gasteiger charge is 2.08. The topological polar surface area (TPSA) is 29.1 Å². The van der Waals surface area contributed by atoms with Crippen LogP contribution in [0.25, 0.3) is 0 Å². The molecule has 2 aromatic carbocycles. The fourth-order valence-corrected chi connectivity index (χ4v) is 2.07. The molecule has 0 bridgehead atoms. The Morgan fingerprint density at radius 1 is 0.947 bits per heavy atom. The van der Waals surface area contributed by atoms with E-state index in [2.05, 4.69) is 12.2 Å². The minimum Gasteiger partial charge on any atom is -0.388 e. The highest BCUT2D eigenvalue weighted by Crippen LogP contribution is 2.14. The molecule has 0 saturated heterocycles. The second kappa shape index (κ2) is 6.19. The van der Waals surface area contributed by atoms with Crippen LogP contribution in [0.1, 0.15) is 34.8 Å². The van der Waals surface area contributed by atoms with E-state index in [1.54, 1.807) is 0 Å². The van der Waals surface area contributed by atoms with E-state index in [9.17, 15) is 4.79 Å². The third-order valence-electron chi connectivity index (χ3n) is 3.19. The van der Waals surface area contributed by atoms with Gasteiger partial charge in [-0.15, -0.1) is 0 Å². The number of carbonyl (C=O) groups excluding carboxylic acids is 1. The number of ketones is 1. The van der Waals surface area contributed by atoms with Crippen LogP contribution in [-0.4, -0.2) is 12.8 Å². The summed E-state index contributed by atoms with van der Waals surface area (Å²) in [5.41, 5.74) is 3.76. The van der Waals surface area contributed by atoms with Crippen molar-refractivity contribution in [2.45, 2.75) is 19.8 Å². The molecule has 0 amide bonds. The fourth-order valence-electron chi connectivity index (χ4n) is 2.07. The lowest BCUT2D eigenvalue weighted by Gasteiger charge is -2.05. The zero-order valence-electron chi connectivity index (χ0n) is 11.4. The molecule has 0 aliphatic rings. The molecule has 0 radical (unpaired) electrons. The molecule has 1 N–H and O–H groups in total. The SMILES string of the molecule is CCCc1ccc(C(=O)c2ccc(NC)cc2)cc1. The first kappa shape index (κ1) is 13.3. The average Bonchev–Trinajstić information content (AvgIpc) is 2.48. The molecule has 0 aliphatic heterocycles. The molecule has 0 atom stereocenters. The molecule has 2 heteroatoms. The van der Waals surface area contributed by atoms with Crippen LogP contribution < -0.4 is 5.32 Å². The lowest BCUT2D eigenvalue weighted by Crippen LogP contribution is -2.01. The summed E-state index contributed by atoms with van der Waals surface area (Å²) in [5.74, 6) is 0.0747. The van der Waals surface area contributed by atoms with E-state index in [-0.39, 0.29) is 5.78 Å². The Kier molecular flexibility index (Phi) is 4.35. The largest absolute Gasteiger partial charge is 0.388 e. The van der Waals surface area contributed by atoms with Crippen LogP contribution in [0.3, 0.4) is 0 Å². The van der Waals surface area contributed by atoms with E-state index in [4.69, 9.17) is 0 Å². The van der Waals surface area contributed by atoms with Crippen LogP contribution in [0.2, 0.25) is 0 Å². The van der Waals surface area contributed by atoms with E-state index in [1.807, 2.05) is 55.6 Å². The summed E-state index contributed by atoms with van der Waals surface area (Å²) < 4.78 is 0. The molecule has 0 fully saturated rings. The van der Waals surface area contributed by atoms with Crippen LogP contribution >= 0.6 is 0 Å². The summed E-state index contributed by atoms with van der Waals surface area (Å²) in [6, 6.07) is 15.5. The van der Waals surface area contributed by atoms with Gasteiger partial charge in [-0.2, -0.15) is 0 Å². The Balaban J connectivity index is 2.18. The lowest BCUT2D eigenvalue weighted by molar-refractivity contribution is 0.103. The van der Waals surface area contributed by atoms with Crippen LogP contribution in [0.4, 0.5) is 5.69 Å². The molecule has 0 aliphatic carbocycles. The zero-order valence-corrected chi connectivity index (χ0v) is 11.4. The van der Waals surface area contributed by atoms with E-state index < -0.39 is 0 Å². The molecular formula is C17H19NO. The van der Waals surface area contributed by atoms with Gasteiger partial charge in [-0.3, -0.25) is 4.79 Å². The Hall–Kier alpha value is -2.09. The molecule has 98 valence electrons. The maximum atomic E-state index is 12.3. The quantitative estimate of drug-likeness (QED) is 0.818. The third-order valence-corrected chi connectivity index (χ3v) is 3.19. The Morgan fingerprint density at radius 3 is 1.95 bits per heavy atom. The number of carbonyl (C=O) groups is 1. The summed E-state index contributed by atoms with van der Waals surface area (Å²) in [5, 5.41) is 3.04. The van der Waals surface area contributed by atoms with Crippen molar-refractivity contribution in [3.05, 3.63) is 65.2 Å². The number of benzene rings is 2. The number of hydrogen-bond acceptors (Lipinski definition) is 2. The summed E-state index contributed by atoms with van der Waals surface area (Å²) in [4.78, 5) is 12.3. The molecule has 0 unspecified atom stereocenters. The van der Waals surface area contributed by atoms with Gasteiger partial charge in [-0.1, -0.05) is 37.6 Å². The van der Waals surface area contributed by atoms with Crippen molar-refractivity contribution in [2.75, 3.05) is 12.4 Å². The first-order valence-corrected chi connectivity index (χ1v) is 6.66. The Morgan fingerprint density at radius 2 is 1.47 bits per heavy atom. The van der Waals surface area contributed by atoms with Gasteiger partial charge in [0.2, 0.25) is 0 Å². The van der Waals surface area contributed by atoms with E-state index in [0.717, 1.165) is 29.7 Å². The highest BCUT2D eigenvalue weighted by atomic mass is 16.1. The monoisotopic (exact) mass is 253 g/mol. The van der Waals surface area contributed by atoms with Gasteiger partial charge in [0.15, 0.2) is 5.78 Å². The number of hydrogen-bond donors (Lipinski definition) is 1. The van der Waals surface area contributed by atoms with Gasteiger partial charge >= 0.3 is 0 Å². The van der Waals surface area contributed by atoms with Gasteiger partial charge < -0.3 is 5.32 Å². The summed E-state index contributed by atoms with van der Waals surface area (Å²) >= 11 is 0. The van der Waals surface area contributed by atoms with Crippen molar-refractivity contribution in [2.24, 2.45) is 0 Å². The number of aryl methyl sites for hydroxylation is 1. The molecule has 19 heavy (non-hydrogen) atoms. The second-order valence-electron chi connectivity index (χ2n) is 4.60. The van der Waals surface area contributed by atoms with Gasteiger partial charge in [0, 0.05) is 23.9 Å². The molecule has 2 aromatic rings. The zero-order chi connectivity index (χ0) is 13.7. The van der Waals surface area contributed by atoms with Crippen molar-refractivity contribution in [3.8, 4) is 0 Å². The standard InChI is InChI=1S/C17H19NO/c1-3-4-13-5-7-14(8-6-13)17(19)15-9-11-16(18-2)12-10-15/h5-12,18H,3-4H2,1-2H3. The molecule has 2 nitrogen and oxygen atoms in total. The summed E-state index contributed by atoms with van der Waals surface area (Å²) in [6.45, 7) is 2.16. The highest BCUT2D eigenvalue weighted by molar-refractivity contribution is 6.09. The average molecular weight is 253 g/mol. The van der Waals surface area contributed by atoms with E-state index in [0.29, 0.717) is 0 Å². The summed E-state index contributed by atoms with van der Waals surface area (Å²) in [6.07, 6.45) is 2.18. The minimum absolute atomic E-state index is 0.0747. The van der Waals surface area contributed by atoms with Gasteiger partial charge in [-0.05, 0) is 36.2 Å². The van der Waals surface area contributed by atoms with Crippen molar-refractivity contribution in [1.82, 2.24) is 0 Å². The predicted octanol–water partition coefficient (Wildman–Crippen LogP) is 3.91.